The van der Waals surface area contributed by atoms with Crippen molar-refractivity contribution in [2.24, 2.45) is 0 Å². The van der Waals surface area contributed by atoms with E-state index in [-0.39, 0.29) is 12.0 Å². The molecule has 4 rings (SSSR count). The number of nitrogens with zero attached hydrogens (tertiary/aromatic N) is 2. The maximum atomic E-state index is 12.4. The molecule has 2 aromatic carbocycles. The molecule has 0 aliphatic carbocycles. The second-order valence-corrected chi connectivity index (χ2v) is 8.44. The Hall–Kier alpha value is -2.25. The van der Waals surface area contributed by atoms with Crippen molar-refractivity contribution in [1.82, 2.24) is 9.88 Å². The monoisotopic (exact) mass is 400 g/mol. The second kappa shape index (κ2) is 8.19. The van der Waals surface area contributed by atoms with Gasteiger partial charge in [-0.15, -0.1) is 23.1 Å². The molecule has 0 spiro atoms. The summed E-state index contributed by atoms with van der Waals surface area (Å²) in [6, 6.07) is 15.7. The van der Waals surface area contributed by atoms with Crippen LogP contribution in [0.2, 0.25) is 0 Å². The molecule has 1 aromatic heterocycles. The summed E-state index contributed by atoms with van der Waals surface area (Å²) in [6.45, 7) is 0.961. The fourth-order valence-electron chi connectivity index (χ4n) is 2.88. The lowest BCUT2D eigenvalue weighted by atomic mass is 10.2. The molecule has 1 atom stereocenters. The Morgan fingerprint density at radius 3 is 2.85 bits per heavy atom. The van der Waals surface area contributed by atoms with Gasteiger partial charge in [0.15, 0.2) is 17.6 Å². The van der Waals surface area contributed by atoms with E-state index >= 15 is 0 Å². The number of benzene rings is 2. The predicted molar refractivity (Wildman–Crippen MR) is 110 cm³/mol. The standard InChI is InChI=1S/C20H20N2O3S2/c1-22(10-14-11-24-16-7-3-4-8-17(16)25-14)20(23)13-26-12-19-21-15-6-2-5-9-18(15)27-19/h2-9,14H,10-13H2,1H3. The Balaban J connectivity index is 1.24. The van der Waals surface area contributed by atoms with Crippen LogP contribution in [0.15, 0.2) is 48.5 Å². The number of thiazole rings is 1. The van der Waals surface area contributed by atoms with Crippen molar-refractivity contribution in [3.63, 3.8) is 0 Å². The van der Waals surface area contributed by atoms with E-state index < -0.39 is 0 Å². The molecule has 27 heavy (non-hydrogen) atoms. The Morgan fingerprint density at radius 1 is 1.22 bits per heavy atom. The molecule has 140 valence electrons. The van der Waals surface area contributed by atoms with Crippen molar-refractivity contribution < 1.29 is 14.3 Å². The van der Waals surface area contributed by atoms with Crippen molar-refractivity contribution in [1.29, 1.82) is 0 Å². The summed E-state index contributed by atoms with van der Waals surface area (Å²) in [5, 5.41) is 1.05. The molecular formula is C20H20N2O3S2. The SMILES string of the molecule is CN(CC1COc2ccccc2O1)C(=O)CSCc1nc2ccccc2s1. The fraction of sp³-hybridized carbons (Fsp3) is 0.300. The summed E-state index contributed by atoms with van der Waals surface area (Å²) in [4.78, 5) is 18.7. The van der Waals surface area contributed by atoms with E-state index in [4.69, 9.17) is 9.47 Å². The van der Waals surface area contributed by atoms with E-state index in [0.717, 1.165) is 27.8 Å². The summed E-state index contributed by atoms with van der Waals surface area (Å²) in [5.74, 6) is 2.75. The van der Waals surface area contributed by atoms with Crippen LogP contribution in [-0.2, 0) is 10.5 Å². The zero-order valence-electron chi connectivity index (χ0n) is 15.0. The number of fused-ring (bicyclic) bond motifs is 2. The number of thioether (sulfide) groups is 1. The van der Waals surface area contributed by atoms with Crippen molar-refractivity contribution in [3.8, 4) is 11.5 Å². The molecule has 0 saturated heterocycles. The highest BCUT2D eigenvalue weighted by Gasteiger charge is 2.23. The van der Waals surface area contributed by atoms with Gasteiger partial charge in [-0.25, -0.2) is 4.98 Å². The van der Waals surface area contributed by atoms with Gasteiger partial charge in [-0.05, 0) is 24.3 Å². The van der Waals surface area contributed by atoms with Crippen molar-refractivity contribution in [3.05, 3.63) is 53.5 Å². The van der Waals surface area contributed by atoms with Crippen molar-refractivity contribution in [2.45, 2.75) is 11.9 Å². The van der Waals surface area contributed by atoms with Gasteiger partial charge in [0, 0.05) is 12.8 Å². The van der Waals surface area contributed by atoms with E-state index in [2.05, 4.69) is 11.1 Å². The maximum absolute atomic E-state index is 12.4. The molecule has 1 aliphatic rings. The van der Waals surface area contributed by atoms with Crippen LogP contribution in [0.5, 0.6) is 11.5 Å². The largest absolute Gasteiger partial charge is 0.486 e. The van der Waals surface area contributed by atoms with Gasteiger partial charge in [0.2, 0.25) is 5.91 Å². The Bertz CT molecular complexity index is 911. The molecule has 1 aliphatic heterocycles. The van der Waals surface area contributed by atoms with Crippen molar-refractivity contribution in [2.75, 3.05) is 26.0 Å². The molecule has 1 amide bonds. The highest BCUT2D eigenvalue weighted by Crippen LogP contribution is 2.31. The van der Waals surface area contributed by atoms with Gasteiger partial charge in [-0.3, -0.25) is 4.79 Å². The van der Waals surface area contributed by atoms with E-state index in [9.17, 15) is 4.79 Å². The first-order valence-electron chi connectivity index (χ1n) is 8.73. The van der Waals surface area contributed by atoms with Crippen LogP contribution in [0.4, 0.5) is 0 Å². The lowest BCUT2D eigenvalue weighted by Gasteiger charge is -2.29. The van der Waals surface area contributed by atoms with Crippen LogP contribution >= 0.6 is 23.1 Å². The first-order chi connectivity index (χ1) is 13.2. The van der Waals surface area contributed by atoms with Crippen molar-refractivity contribution >= 4 is 39.2 Å². The average molecular weight is 401 g/mol. The molecule has 3 aromatic rings. The third-order valence-corrected chi connectivity index (χ3v) is 6.41. The molecule has 1 unspecified atom stereocenters. The Kier molecular flexibility index (Phi) is 5.50. The quantitative estimate of drug-likeness (QED) is 0.629. The van der Waals surface area contributed by atoms with E-state index in [0.29, 0.717) is 18.9 Å². The van der Waals surface area contributed by atoms with Gasteiger partial charge in [0.1, 0.15) is 11.6 Å². The molecule has 0 N–H and O–H groups in total. The van der Waals surface area contributed by atoms with Gasteiger partial charge in [0.05, 0.1) is 22.5 Å². The topological polar surface area (TPSA) is 51.7 Å². The fourth-order valence-corrected chi connectivity index (χ4v) is 4.86. The summed E-state index contributed by atoms with van der Waals surface area (Å²) >= 11 is 3.28. The van der Waals surface area contributed by atoms with Crippen LogP contribution in [0, 0.1) is 0 Å². The smallest absolute Gasteiger partial charge is 0.232 e. The average Bonchev–Trinajstić information content (AvgIpc) is 3.10. The number of carbonyl (C=O) groups is 1. The number of aromatic nitrogens is 1. The van der Waals surface area contributed by atoms with Gasteiger partial charge >= 0.3 is 0 Å². The van der Waals surface area contributed by atoms with E-state index in [1.54, 1.807) is 28.0 Å². The summed E-state index contributed by atoms with van der Waals surface area (Å²) in [7, 11) is 1.81. The molecule has 0 saturated carbocycles. The molecule has 7 heteroatoms. The predicted octanol–water partition coefficient (Wildman–Crippen LogP) is 3.83. The zero-order valence-corrected chi connectivity index (χ0v) is 16.6. The second-order valence-electron chi connectivity index (χ2n) is 6.34. The first kappa shape index (κ1) is 18.1. The highest BCUT2D eigenvalue weighted by molar-refractivity contribution is 7.99. The Morgan fingerprint density at radius 2 is 2.00 bits per heavy atom. The number of hydrogen-bond acceptors (Lipinski definition) is 6. The van der Waals surface area contributed by atoms with Crippen LogP contribution in [-0.4, -0.2) is 47.8 Å². The highest BCUT2D eigenvalue weighted by atomic mass is 32.2. The molecule has 5 nitrogen and oxygen atoms in total. The third kappa shape index (κ3) is 4.36. The summed E-state index contributed by atoms with van der Waals surface area (Å²) < 4.78 is 12.8. The van der Waals surface area contributed by atoms with Gasteiger partial charge in [-0.1, -0.05) is 24.3 Å². The lowest BCUT2D eigenvalue weighted by molar-refractivity contribution is -0.128. The molecule has 0 bridgehead atoms. The summed E-state index contributed by atoms with van der Waals surface area (Å²) in [6.07, 6.45) is -0.150. The lowest BCUT2D eigenvalue weighted by Crippen LogP contribution is -2.42. The molecular weight excluding hydrogens is 380 g/mol. The van der Waals surface area contributed by atoms with Gasteiger partial charge < -0.3 is 14.4 Å². The van der Waals surface area contributed by atoms with Crippen LogP contribution < -0.4 is 9.47 Å². The molecule has 2 heterocycles. The normalized spacial score (nSPS) is 15.7. The number of carbonyl (C=O) groups excluding carboxylic acids is 1. The number of para-hydroxylation sites is 3. The molecule has 0 radical (unpaired) electrons. The minimum absolute atomic E-state index is 0.0866. The maximum Gasteiger partial charge on any atom is 0.232 e. The van der Waals surface area contributed by atoms with Gasteiger partial charge in [-0.2, -0.15) is 0 Å². The Labute approximate surface area is 166 Å². The zero-order chi connectivity index (χ0) is 18.6. The number of rotatable bonds is 6. The third-order valence-electron chi connectivity index (χ3n) is 4.26. The minimum atomic E-state index is -0.150. The number of amides is 1. The number of ether oxygens (including phenoxy) is 2. The number of hydrogen-bond donors (Lipinski definition) is 0. The van der Waals surface area contributed by atoms with E-state index in [1.807, 2.05) is 49.5 Å². The number of likely N-dealkylation sites (N-methyl/N-ethyl adjacent to an activating group) is 1. The first-order valence-corrected chi connectivity index (χ1v) is 10.7. The van der Waals surface area contributed by atoms with Crippen LogP contribution in [0.3, 0.4) is 0 Å². The van der Waals surface area contributed by atoms with E-state index in [1.165, 1.54) is 4.70 Å². The van der Waals surface area contributed by atoms with Crippen LogP contribution in [0.1, 0.15) is 5.01 Å². The van der Waals surface area contributed by atoms with Crippen LogP contribution in [0.25, 0.3) is 10.2 Å². The molecule has 0 fully saturated rings. The minimum Gasteiger partial charge on any atom is -0.486 e. The summed E-state index contributed by atoms with van der Waals surface area (Å²) in [5.41, 5.74) is 1.02. The van der Waals surface area contributed by atoms with Gasteiger partial charge in [0.25, 0.3) is 0 Å².